The lowest BCUT2D eigenvalue weighted by Gasteiger charge is -2.26. The first-order valence-electron chi connectivity index (χ1n) is 11.1. The molecule has 0 spiro atoms. The van der Waals surface area contributed by atoms with E-state index in [-0.39, 0.29) is 0 Å². The van der Waals surface area contributed by atoms with Gasteiger partial charge in [-0.3, -0.25) is 0 Å². The fourth-order valence-electron chi connectivity index (χ4n) is 3.85. The Bertz CT molecular complexity index is 1010. The number of hydrogen-bond donors (Lipinski definition) is 0. The van der Waals surface area contributed by atoms with Crippen LogP contribution < -0.4 is 9.47 Å². The Balaban J connectivity index is 2.03. The molecule has 34 heavy (non-hydrogen) atoms. The van der Waals surface area contributed by atoms with E-state index in [9.17, 15) is 10.1 Å². The van der Waals surface area contributed by atoms with Gasteiger partial charge < -0.3 is 23.8 Å². The Morgan fingerprint density at radius 3 is 2.24 bits per heavy atom. The van der Waals surface area contributed by atoms with Gasteiger partial charge >= 0.3 is 5.97 Å². The van der Waals surface area contributed by atoms with Crippen LogP contribution in [-0.4, -0.2) is 59.4 Å². The molecule has 0 radical (unpaired) electrons. The van der Waals surface area contributed by atoms with Gasteiger partial charge in [0.25, 0.3) is 0 Å². The minimum atomic E-state index is -1.37. The molecular weight excluding hydrogens is 432 g/mol. The molecule has 0 amide bonds. The second kappa shape index (κ2) is 12.7. The number of carbonyl (C=O) groups excluding carboxylic acids is 1. The minimum Gasteiger partial charge on any atom is -0.497 e. The van der Waals surface area contributed by atoms with Crippen molar-refractivity contribution in [3.8, 4) is 17.6 Å². The van der Waals surface area contributed by atoms with Gasteiger partial charge in [0.15, 0.2) is 16.9 Å². The zero-order chi connectivity index (χ0) is 25.1. The van der Waals surface area contributed by atoms with Crippen LogP contribution >= 0.6 is 0 Å². The predicted octanol–water partition coefficient (Wildman–Crippen LogP) is 4.21. The van der Waals surface area contributed by atoms with Crippen LogP contribution in [0, 0.1) is 11.3 Å². The molecule has 0 saturated carbocycles. The molecule has 182 valence electrons. The molecule has 7 heteroatoms. The molecule has 7 nitrogen and oxygen atoms in total. The molecule has 0 heterocycles. The Kier molecular flexibility index (Phi) is 9.96. The molecule has 2 rings (SSSR count). The average Bonchev–Trinajstić information content (AvgIpc) is 2.89. The summed E-state index contributed by atoms with van der Waals surface area (Å²) in [7, 11) is 8.12. The summed E-state index contributed by atoms with van der Waals surface area (Å²) in [6.45, 7) is 5.38. The van der Waals surface area contributed by atoms with Crippen LogP contribution in [0.1, 0.15) is 29.5 Å². The molecule has 0 aliphatic carbocycles. The van der Waals surface area contributed by atoms with Gasteiger partial charge in [-0.1, -0.05) is 36.9 Å². The highest BCUT2D eigenvalue weighted by Crippen LogP contribution is 2.32. The van der Waals surface area contributed by atoms with Crippen LogP contribution in [0.15, 0.2) is 49.0 Å². The summed E-state index contributed by atoms with van der Waals surface area (Å²) in [5.41, 5.74) is 1.16. The van der Waals surface area contributed by atoms with Gasteiger partial charge in [-0.15, -0.1) is 0 Å². The summed E-state index contributed by atoms with van der Waals surface area (Å²) < 4.78 is 20.8. The van der Waals surface area contributed by atoms with Crippen molar-refractivity contribution in [3.63, 3.8) is 0 Å². The SMILES string of the molecule is C=C(OC)c1ccc(C(C#N)(CCCN(C)CCc2ccc(OC)c(OC)c2)C(=O)OC)cc1. The van der Waals surface area contributed by atoms with Crippen molar-refractivity contribution in [2.45, 2.75) is 24.7 Å². The van der Waals surface area contributed by atoms with E-state index in [0.29, 0.717) is 35.7 Å². The van der Waals surface area contributed by atoms with E-state index in [4.69, 9.17) is 18.9 Å². The van der Waals surface area contributed by atoms with Gasteiger partial charge in [0, 0.05) is 12.1 Å². The van der Waals surface area contributed by atoms with Crippen LogP contribution in [-0.2, 0) is 26.1 Å². The van der Waals surface area contributed by atoms with E-state index >= 15 is 0 Å². The maximum Gasteiger partial charge on any atom is 0.330 e. The molecule has 0 aliphatic heterocycles. The number of carbonyl (C=O) groups is 1. The van der Waals surface area contributed by atoms with Gasteiger partial charge in [-0.2, -0.15) is 5.26 Å². The third-order valence-corrected chi connectivity index (χ3v) is 5.99. The lowest BCUT2D eigenvalue weighted by molar-refractivity contribution is -0.145. The van der Waals surface area contributed by atoms with Crippen LogP contribution in [0.25, 0.3) is 5.76 Å². The first kappa shape index (κ1) is 26.7. The minimum absolute atomic E-state index is 0.349. The maximum absolute atomic E-state index is 12.7. The summed E-state index contributed by atoms with van der Waals surface area (Å²) in [6.07, 6.45) is 1.83. The Hall–Kier alpha value is -3.50. The van der Waals surface area contributed by atoms with Gasteiger partial charge in [0.1, 0.15) is 5.76 Å². The number of hydrogen-bond acceptors (Lipinski definition) is 7. The Morgan fingerprint density at radius 1 is 1.00 bits per heavy atom. The Morgan fingerprint density at radius 2 is 1.68 bits per heavy atom. The van der Waals surface area contributed by atoms with Gasteiger partial charge in [0.2, 0.25) is 0 Å². The van der Waals surface area contributed by atoms with E-state index in [0.717, 1.165) is 30.6 Å². The number of benzene rings is 2. The number of methoxy groups -OCH3 is 4. The van der Waals surface area contributed by atoms with Crippen LogP contribution in [0.3, 0.4) is 0 Å². The van der Waals surface area contributed by atoms with Crippen molar-refractivity contribution in [3.05, 3.63) is 65.7 Å². The van der Waals surface area contributed by atoms with E-state index in [1.54, 1.807) is 45.6 Å². The molecule has 2 aromatic carbocycles. The van der Waals surface area contributed by atoms with E-state index in [1.807, 2.05) is 25.2 Å². The van der Waals surface area contributed by atoms with Gasteiger partial charge in [0.05, 0.1) is 34.5 Å². The lowest BCUT2D eigenvalue weighted by Crippen LogP contribution is -2.36. The second-order valence-corrected chi connectivity index (χ2v) is 8.06. The van der Waals surface area contributed by atoms with Gasteiger partial charge in [-0.05, 0) is 56.1 Å². The number of likely N-dealkylation sites (N-methyl/N-ethyl adjacent to an activating group) is 1. The third-order valence-electron chi connectivity index (χ3n) is 5.99. The molecule has 1 unspecified atom stereocenters. The summed E-state index contributed by atoms with van der Waals surface area (Å²) in [6, 6.07) is 15.3. The van der Waals surface area contributed by atoms with Crippen LogP contribution in [0.2, 0.25) is 0 Å². The van der Waals surface area contributed by atoms with Gasteiger partial charge in [-0.25, -0.2) is 4.79 Å². The number of nitriles is 1. The van der Waals surface area contributed by atoms with E-state index in [2.05, 4.69) is 17.5 Å². The molecule has 2 aromatic rings. The summed E-state index contributed by atoms with van der Waals surface area (Å²) in [4.78, 5) is 14.9. The fourth-order valence-corrected chi connectivity index (χ4v) is 3.85. The number of ether oxygens (including phenoxy) is 4. The Labute approximate surface area is 202 Å². The molecular formula is C27H34N2O5. The summed E-state index contributed by atoms with van der Waals surface area (Å²) in [5.74, 6) is 1.37. The molecule has 0 fully saturated rings. The van der Waals surface area contributed by atoms with Crippen molar-refractivity contribution in [1.82, 2.24) is 4.90 Å². The zero-order valence-electron chi connectivity index (χ0n) is 20.7. The predicted molar refractivity (Wildman–Crippen MR) is 132 cm³/mol. The van der Waals surface area contributed by atoms with E-state index in [1.165, 1.54) is 7.11 Å². The topological polar surface area (TPSA) is 81.0 Å². The molecule has 0 N–H and O–H groups in total. The number of rotatable bonds is 13. The van der Waals surface area contributed by atoms with E-state index < -0.39 is 11.4 Å². The fraction of sp³-hybridized carbons (Fsp3) is 0.407. The summed E-state index contributed by atoms with van der Waals surface area (Å²) >= 11 is 0. The van der Waals surface area contributed by atoms with Crippen LogP contribution in [0.5, 0.6) is 11.5 Å². The molecule has 0 aliphatic rings. The maximum atomic E-state index is 12.7. The standard InChI is InChI=1S/C27H34N2O5/c1-20(31-3)22-9-11-23(12-10-22)27(19-28,26(30)34-6)15-7-16-29(2)17-14-21-8-13-24(32-4)25(18-21)33-5/h8-13,18H,1,7,14-17H2,2-6H3. The van der Waals surface area contributed by atoms with Crippen molar-refractivity contribution in [1.29, 1.82) is 5.26 Å². The van der Waals surface area contributed by atoms with Crippen molar-refractivity contribution < 1.29 is 23.7 Å². The monoisotopic (exact) mass is 466 g/mol. The largest absolute Gasteiger partial charge is 0.497 e. The first-order chi connectivity index (χ1) is 16.3. The average molecular weight is 467 g/mol. The third kappa shape index (κ3) is 6.30. The van der Waals surface area contributed by atoms with Crippen LogP contribution in [0.4, 0.5) is 0 Å². The molecule has 0 bridgehead atoms. The molecule has 0 saturated heterocycles. The summed E-state index contributed by atoms with van der Waals surface area (Å²) in [5, 5.41) is 10.0. The number of esters is 1. The van der Waals surface area contributed by atoms with Crippen molar-refractivity contribution in [2.24, 2.45) is 0 Å². The number of nitrogens with zero attached hydrogens (tertiary/aromatic N) is 2. The normalized spacial score (nSPS) is 12.4. The smallest absolute Gasteiger partial charge is 0.330 e. The highest BCUT2D eigenvalue weighted by atomic mass is 16.5. The quantitative estimate of drug-likeness (QED) is 0.323. The van der Waals surface area contributed by atoms with Crippen molar-refractivity contribution in [2.75, 3.05) is 48.6 Å². The second-order valence-electron chi connectivity index (χ2n) is 8.06. The highest BCUT2D eigenvalue weighted by Gasteiger charge is 2.41. The highest BCUT2D eigenvalue weighted by molar-refractivity contribution is 5.86. The zero-order valence-corrected chi connectivity index (χ0v) is 20.7. The first-order valence-corrected chi connectivity index (χ1v) is 11.1. The van der Waals surface area contributed by atoms with Crippen molar-refractivity contribution >= 4 is 11.7 Å². The lowest BCUT2D eigenvalue weighted by atomic mass is 9.77. The molecule has 1 atom stereocenters. The molecule has 0 aromatic heterocycles.